The highest BCUT2D eigenvalue weighted by atomic mass is 35.5. The first-order valence-electron chi connectivity index (χ1n) is 11.5. The zero-order chi connectivity index (χ0) is 24.6. The fraction of sp³-hybridized carbons (Fsp3) is 0.480. The lowest BCUT2D eigenvalue weighted by Crippen LogP contribution is -2.37. The highest BCUT2D eigenvalue weighted by molar-refractivity contribution is 6.30. The van der Waals surface area contributed by atoms with Gasteiger partial charge in [-0.05, 0) is 64.3 Å². The van der Waals surface area contributed by atoms with Crippen LogP contribution in [-0.2, 0) is 5.92 Å². The largest absolute Gasteiger partial charge is 0.363 e. The minimum Gasteiger partial charge on any atom is -0.363 e. The smallest absolute Gasteiger partial charge is 0.273 e. The maximum Gasteiger partial charge on any atom is 0.273 e. The van der Waals surface area contributed by atoms with Gasteiger partial charge in [-0.15, -0.1) is 0 Å². The van der Waals surface area contributed by atoms with Crippen LogP contribution >= 0.6 is 11.6 Å². The number of aromatic nitrogens is 3. The average molecular weight is 492 g/mol. The zero-order valence-electron chi connectivity index (χ0n) is 19.7. The fourth-order valence-electron chi connectivity index (χ4n) is 4.62. The van der Waals surface area contributed by atoms with E-state index < -0.39 is 23.3 Å². The van der Waals surface area contributed by atoms with Crippen molar-refractivity contribution < 1.29 is 13.2 Å². The number of anilines is 1. The van der Waals surface area contributed by atoms with Crippen LogP contribution < -0.4 is 5.32 Å². The number of fused-ring (bicyclic) bond motifs is 1. The standard InChI is InChI=1S/C25H29ClF3N5/c1-14(2)34-10-8-16(9-11-34)18-12-19-23(30-13-31-24(19)33-22(18)26)32-15(3)17-6-5-7-20(21(17)27)25(4,28)29/h5-7,12-16H,8-11H2,1-4H3,(H,30,31,32,33)/t15-/m1/s1. The van der Waals surface area contributed by atoms with E-state index in [9.17, 15) is 13.2 Å². The molecule has 0 saturated carbocycles. The van der Waals surface area contributed by atoms with Crippen molar-refractivity contribution in [1.29, 1.82) is 0 Å². The highest BCUT2D eigenvalue weighted by Crippen LogP contribution is 2.37. The van der Waals surface area contributed by atoms with E-state index >= 15 is 0 Å². The number of benzene rings is 1. The quantitative estimate of drug-likeness (QED) is 0.389. The Bertz CT molecular complexity index is 1170. The molecule has 4 rings (SSSR count). The first-order chi connectivity index (χ1) is 16.1. The summed E-state index contributed by atoms with van der Waals surface area (Å²) < 4.78 is 42.5. The Balaban J connectivity index is 1.65. The molecule has 1 aromatic carbocycles. The lowest BCUT2D eigenvalue weighted by molar-refractivity contribution is 0.0136. The van der Waals surface area contributed by atoms with Gasteiger partial charge in [0, 0.05) is 18.5 Å². The van der Waals surface area contributed by atoms with Gasteiger partial charge < -0.3 is 10.2 Å². The first kappa shape index (κ1) is 24.7. The van der Waals surface area contributed by atoms with Crippen LogP contribution in [0, 0.1) is 5.82 Å². The van der Waals surface area contributed by atoms with Gasteiger partial charge in [-0.1, -0.05) is 29.8 Å². The van der Waals surface area contributed by atoms with Gasteiger partial charge in [-0.25, -0.2) is 28.1 Å². The van der Waals surface area contributed by atoms with E-state index in [1.165, 1.54) is 18.5 Å². The average Bonchev–Trinajstić information content (AvgIpc) is 2.78. The van der Waals surface area contributed by atoms with Crippen molar-refractivity contribution in [2.75, 3.05) is 18.4 Å². The van der Waals surface area contributed by atoms with E-state index in [2.05, 4.69) is 39.0 Å². The Morgan fingerprint density at radius 3 is 2.50 bits per heavy atom. The van der Waals surface area contributed by atoms with Crippen molar-refractivity contribution >= 4 is 28.5 Å². The van der Waals surface area contributed by atoms with Crippen LogP contribution in [0.2, 0.25) is 5.15 Å². The molecule has 3 heterocycles. The molecule has 0 radical (unpaired) electrons. The number of likely N-dealkylation sites (tertiary alicyclic amines) is 1. The van der Waals surface area contributed by atoms with Gasteiger partial charge in [0.2, 0.25) is 0 Å². The Kier molecular flexibility index (Phi) is 7.01. The summed E-state index contributed by atoms with van der Waals surface area (Å²) in [5, 5.41) is 4.26. The van der Waals surface area contributed by atoms with Gasteiger partial charge in [0.05, 0.1) is 17.0 Å². The van der Waals surface area contributed by atoms with Crippen LogP contribution in [0.4, 0.5) is 19.0 Å². The first-order valence-corrected chi connectivity index (χ1v) is 11.9. The second-order valence-electron chi connectivity index (χ2n) is 9.33. The summed E-state index contributed by atoms with van der Waals surface area (Å²) in [6, 6.07) is 5.88. The molecule has 5 nitrogen and oxygen atoms in total. The van der Waals surface area contributed by atoms with Gasteiger partial charge in [0.15, 0.2) is 5.65 Å². The number of nitrogens with zero attached hydrogens (tertiary/aromatic N) is 4. The van der Waals surface area contributed by atoms with E-state index in [0.29, 0.717) is 35.0 Å². The molecule has 1 fully saturated rings. The second-order valence-corrected chi connectivity index (χ2v) is 9.69. The molecule has 0 spiro atoms. The summed E-state index contributed by atoms with van der Waals surface area (Å²) in [4.78, 5) is 15.5. The number of pyridine rings is 1. The molecule has 0 aliphatic carbocycles. The third-order valence-electron chi connectivity index (χ3n) is 6.63. The van der Waals surface area contributed by atoms with Crippen molar-refractivity contribution in [2.24, 2.45) is 0 Å². The molecular weight excluding hydrogens is 463 g/mol. The summed E-state index contributed by atoms with van der Waals surface area (Å²) in [7, 11) is 0. The number of rotatable bonds is 6. The summed E-state index contributed by atoms with van der Waals surface area (Å²) in [5.41, 5.74) is 0.873. The molecule has 34 heavy (non-hydrogen) atoms. The topological polar surface area (TPSA) is 53.9 Å². The number of alkyl halides is 2. The number of nitrogens with one attached hydrogen (secondary N) is 1. The van der Waals surface area contributed by atoms with E-state index in [4.69, 9.17) is 11.6 Å². The summed E-state index contributed by atoms with van der Waals surface area (Å²) in [5.74, 6) is -3.48. The molecule has 0 bridgehead atoms. The van der Waals surface area contributed by atoms with Crippen LogP contribution in [-0.4, -0.2) is 39.0 Å². The monoisotopic (exact) mass is 491 g/mol. The molecule has 1 saturated heterocycles. The molecule has 0 amide bonds. The van der Waals surface area contributed by atoms with Gasteiger partial charge in [0.25, 0.3) is 5.92 Å². The van der Waals surface area contributed by atoms with E-state index in [1.807, 2.05) is 6.07 Å². The van der Waals surface area contributed by atoms with Crippen LogP contribution in [0.1, 0.15) is 69.2 Å². The number of hydrogen-bond acceptors (Lipinski definition) is 5. The molecule has 2 aromatic heterocycles. The SMILES string of the molecule is CC(C)N1CCC(c2cc3c(N[C@H](C)c4cccc(C(C)(F)F)c4F)ncnc3nc2Cl)CC1. The maximum absolute atomic E-state index is 14.9. The zero-order valence-corrected chi connectivity index (χ0v) is 20.5. The number of halogens is 4. The number of piperidine rings is 1. The van der Waals surface area contributed by atoms with E-state index in [0.717, 1.165) is 37.6 Å². The molecule has 1 N–H and O–H groups in total. The van der Waals surface area contributed by atoms with Crippen LogP contribution in [0.3, 0.4) is 0 Å². The lowest BCUT2D eigenvalue weighted by atomic mass is 9.89. The third-order valence-corrected chi connectivity index (χ3v) is 6.93. The van der Waals surface area contributed by atoms with Crippen LogP contribution in [0.15, 0.2) is 30.6 Å². The molecule has 0 unspecified atom stereocenters. The van der Waals surface area contributed by atoms with Crippen molar-refractivity contribution in [1.82, 2.24) is 19.9 Å². The van der Waals surface area contributed by atoms with Crippen molar-refractivity contribution in [3.05, 3.63) is 58.3 Å². The summed E-state index contributed by atoms with van der Waals surface area (Å²) in [6.45, 7) is 8.76. The molecule has 1 aliphatic heterocycles. The summed E-state index contributed by atoms with van der Waals surface area (Å²) >= 11 is 6.54. The van der Waals surface area contributed by atoms with Crippen molar-refractivity contribution in [3.8, 4) is 0 Å². The van der Waals surface area contributed by atoms with Gasteiger partial charge >= 0.3 is 0 Å². The molecule has 182 valence electrons. The second kappa shape index (κ2) is 9.66. The van der Waals surface area contributed by atoms with Gasteiger partial charge in [0.1, 0.15) is 23.1 Å². The Labute approximate surface area is 202 Å². The minimum atomic E-state index is -3.28. The molecule has 1 aliphatic rings. The minimum absolute atomic E-state index is 0.133. The Morgan fingerprint density at radius 2 is 1.85 bits per heavy atom. The van der Waals surface area contributed by atoms with E-state index in [-0.39, 0.29) is 11.5 Å². The van der Waals surface area contributed by atoms with Crippen LogP contribution in [0.25, 0.3) is 11.0 Å². The van der Waals surface area contributed by atoms with Crippen molar-refractivity contribution in [3.63, 3.8) is 0 Å². The van der Waals surface area contributed by atoms with Gasteiger partial charge in [-0.2, -0.15) is 0 Å². The fourth-order valence-corrected chi connectivity index (χ4v) is 4.90. The normalized spacial score (nSPS) is 16.9. The maximum atomic E-state index is 14.9. The number of hydrogen-bond donors (Lipinski definition) is 1. The predicted molar refractivity (Wildman–Crippen MR) is 129 cm³/mol. The third kappa shape index (κ3) is 4.98. The molecular formula is C25H29ClF3N5. The Hall–Kier alpha value is -2.45. The molecule has 3 aromatic rings. The lowest BCUT2D eigenvalue weighted by Gasteiger charge is -2.35. The van der Waals surface area contributed by atoms with Crippen molar-refractivity contribution in [2.45, 2.75) is 64.5 Å². The summed E-state index contributed by atoms with van der Waals surface area (Å²) in [6.07, 6.45) is 3.30. The van der Waals surface area contributed by atoms with Gasteiger partial charge in [-0.3, -0.25) is 0 Å². The van der Waals surface area contributed by atoms with E-state index in [1.54, 1.807) is 6.92 Å². The highest BCUT2D eigenvalue weighted by Gasteiger charge is 2.30. The van der Waals surface area contributed by atoms with Crippen LogP contribution in [0.5, 0.6) is 0 Å². The molecule has 1 atom stereocenters. The predicted octanol–water partition coefficient (Wildman–Crippen LogP) is 6.69. The molecule has 9 heteroatoms. The Morgan fingerprint density at radius 1 is 1.15 bits per heavy atom.